The third kappa shape index (κ3) is 3.11. The number of amides is 1. The summed E-state index contributed by atoms with van der Waals surface area (Å²) < 4.78 is 6.88. The van der Waals surface area contributed by atoms with Crippen molar-refractivity contribution in [2.45, 2.75) is 33.2 Å². The van der Waals surface area contributed by atoms with Crippen LogP contribution in [0.3, 0.4) is 0 Å². The lowest BCUT2D eigenvalue weighted by Gasteiger charge is -2.31. The molecule has 1 aliphatic heterocycles. The fraction of sp³-hybridized carbons (Fsp3) is 0.529. The molecule has 1 atom stereocenters. The fourth-order valence-electron chi connectivity index (χ4n) is 3.14. The van der Waals surface area contributed by atoms with Crippen LogP contribution in [-0.2, 0) is 16.1 Å². The van der Waals surface area contributed by atoms with E-state index in [9.17, 15) is 9.59 Å². The summed E-state index contributed by atoms with van der Waals surface area (Å²) in [5.74, 6) is -0.513. The second-order valence-corrected chi connectivity index (χ2v) is 5.95. The smallest absolute Gasteiger partial charge is 0.310 e. The van der Waals surface area contributed by atoms with Gasteiger partial charge in [0.05, 0.1) is 18.0 Å². The van der Waals surface area contributed by atoms with E-state index in [0.29, 0.717) is 30.8 Å². The Morgan fingerprint density at radius 2 is 2.17 bits per heavy atom. The molecule has 128 valence electrons. The maximum atomic E-state index is 12.8. The van der Waals surface area contributed by atoms with Crippen LogP contribution >= 0.6 is 0 Å². The Kier molecular flexibility index (Phi) is 4.78. The zero-order valence-corrected chi connectivity index (χ0v) is 14.1. The van der Waals surface area contributed by atoms with Gasteiger partial charge in [0.1, 0.15) is 5.52 Å². The second kappa shape index (κ2) is 6.98. The van der Waals surface area contributed by atoms with Gasteiger partial charge in [-0.2, -0.15) is 0 Å². The summed E-state index contributed by atoms with van der Waals surface area (Å²) in [6.45, 7) is 5.97. The number of aromatic nitrogens is 3. The second-order valence-electron chi connectivity index (χ2n) is 5.95. The van der Waals surface area contributed by atoms with Gasteiger partial charge in [0.25, 0.3) is 5.91 Å². The number of nitrogens with zero attached hydrogens (tertiary/aromatic N) is 4. The number of carbonyl (C=O) groups is 2. The van der Waals surface area contributed by atoms with Crippen LogP contribution in [0.2, 0.25) is 0 Å². The number of carbonyl (C=O) groups excluding carboxylic acids is 2. The highest BCUT2D eigenvalue weighted by Crippen LogP contribution is 2.21. The van der Waals surface area contributed by atoms with Gasteiger partial charge in [-0.25, -0.2) is 4.68 Å². The van der Waals surface area contributed by atoms with Gasteiger partial charge < -0.3 is 9.64 Å². The average molecular weight is 330 g/mol. The Hall–Kier alpha value is -2.44. The molecular weight excluding hydrogens is 308 g/mol. The van der Waals surface area contributed by atoms with Crippen molar-refractivity contribution in [2.24, 2.45) is 5.92 Å². The Balaban J connectivity index is 1.77. The first kappa shape index (κ1) is 16.4. The lowest BCUT2D eigenvalue weighted by atomic mass is 9.97. The van der Waals surface area contributed by atoms with Gasteiger partial charge in [-0.05, 0) is 44.9 Å². The number of hydrogen-bond acceptors (Lipinski definition) is 5. The quantitative estimate of drug-likeness (QED) is 0.800. The molecule has 1 aliphatic rings. The van der Waals surface area contributed by atoms with Crippen LogP contribution in [0.25, 0.3) is 11.0 Å². The number of aryl methyl sites for hydroxylation is 1. The topological polar surface area (TPSA) is 77.3 Å². The van der Waals surface area contributed by atoms with E-state index in [0.717, 1.165) is 24.9 Å². The minimum Gasteiger partial charge on any atom is -0.466 e. The van der Waals surface area contributed by atoms with Crippen LogP contribution in [-0.4, -0.2) is 51.5 Å². The van der Waals surface area contributed by atoms with Crippen molar-refractivity contribution in [1.29, 1.82) is 0 Å². The highest BCUT2D eigenvalue weighted by atomic mass is 16.5. The third-order valence-corrected chi connectivity index (χ3v) is 4.39. The lowest BCUT2D eigenvalue weighted by Crippen LogP contribution is -2.42. The fourth-order valence-corrected chi connectivity index (χ4v) is 3.14. The molecule has 24 heavy (non-hydrogen) atoms. The predicted octanol–water partition coefficient (Wildman–Crippen LogP) is 1.87. The van der Waals surface area contributed by atoms with Crippen molar-refractivity contribution in [3.8, 4) is 0 Å². The Labute approximate surface area is 140 Å². The average Bonchev–Trinajstić information content (AvgIpc) is 3.03. The standard InChI is InChI=1S/C17H22N4O3/c1-3-21-15-8-7-12(10-14(15)18-19-21)16(22)20-9-5-6-13(11-20)17(23)24-4-2/h7-8,10,13H,3-6,9,11H2,1-2H3/t13-/m1/s1. The van der Waals surface area contributed by atoms with Gasteiger partial charge in [0, 0.05) is 25.2 Å². The molecule has 0 N–H and O–H groups in total. The van der Waals surface area contributed by atoms with E-state index in [-0.39, 0.29) is 17.8 Å². The van der Waals surface area contributed by atoms with Crippen molar-refractivity contribution in [1.82, 2.24) is 19.9 Å². The maximum Gasteiger partial charge on any atom is 0.310 e. The van der Waals surface area contributed by atoms with E-state index in [4.69, 9.17) is 4.74 Å². The molecule has 7 heteroatoms. The summed E-state index contributed by atoms with van der Waals surface area (Å²) in [4.78, 5) is 26.4. The molecule has 1 aromatic carbocycles. The van der Waals surface area contributed by atoms with E-state index < -0.39 is 0 Å². The molecule has 1 saturated heterocycles. The predicted molar refractivity (Wildman–Crippen MR) is 88.5 cm³/mol. The Morgan fingerprint density at radius 1 is 1.33 bits per heavy atom. The van der Waals surface area contributed by atoms with Crippen molar-refractivity contribution in [3.63, 3.8) is 0 Å². The SMILES string of the molecule is CCOC(=O)[C@@H]1CCCN(C(=O)c2ccc3c(c2)nnn3CC)C1. The highest BCUT2D eigenvalue weighted by molar-refractivity contribution is 5.97. The molecule has 0 aliphatic carbocycles. The van der Waals surface area contributed by atoms with Crippen LogP contribution in [0.15, 0.2) is 18.2 Å². The molecule has 1 aromatic heterocycles. The first-order valence-electron chi connectivity index (χ1n) is 8.43. The first-order chi connectivity index (χ1) is 11.6. The summed E-state index contributed by atoms with van der Waals surface area (Å²) in [7, 11) is 0. The van der Waals surface area contributed by atoms with Crippen LogP contribution in [0.4, 0.5) is 0 Å². The molecule has 0 saturated carbocycles. The summed E-state index contributed by atoms with van der Waals surface area (Å²) in [6.07, 6.45) is 1.58. The van der Waals surface area contributed by atoms with Gasteiger partial charge in [0.15, 0.2) is 0 Å². The minimum absolute atomic E-state index is 0.0723. The zero-order valence-electron chi connectivity index (χ0n) is 14.1. The zero-order chi connectivity index (χ0) is 17.1. The monoisotopic (exact) mass is 330 g/mol. The van der Waals surface area contributed by atoms with Crippen LogP contribution < -0.4 is 0 Å². The van der Waals surface area contributed by atoms with Crippen molar-refractivity contribution >= 4 is 22.9 Å². The van der Waals surface area contributed by atoms with Crippen LogP contribution in [0.5, 0.6) is 0 Å². The Bertz CT molecular complexity index is 755. The van der Waals surface area contributed by atoms with Gasteiger partial charge in [-0.3, -0.25) is 9.59 Å². The number of benzene rings is 1. The lowest BCUT2D eigenvalue weighted by molar-refractivity contribution is -0.149. The van der Waals surface area contributed by atoms with E-state index in [1.807, 2.05) is 13.0 Å². The van der Waals surface area contributed by atoms with Crippen LogP contribution in [0.1, 0.15) is 37.0 Å². The molecule has 2 heterocycles. The molecule has 0 spiro atoms. The number of fused-ring (bicyclic) bond motifs is 1. The van der Waals surface area contributed by atoms with E-state index in [1.54, 1.807) is 28.6 Å². The maximum absolute atomic E-state index is 12.8. The van der Waals surface area contributed by atoms with E-state index in [1.165, 1.54) is 0 Å². The molecular formula is C17H22N4O3. The van der Waals surface area contributed by atoms with Gasteiger partial charge >= 0.3 is 5.97 Å². The number of hydrogen-bond donors (Lipinski definition) is 0. The molecule has 2 aromatic rings. The molecule has 1 amide bonds. The number of likely N-dealkylation sites (tertiary alicyclic amines) is 1. The highest BCUT2D eigenvalue weighted by Gasteiger charge is 2.29. The normalized spacial score (nSPS) is 17.9. The van der Waals surface area contributed by atoms with Crippen molar-refractivity contribution in [3.05, 3.63) is 23.8 Å². The number of rotatable bonds is 4. The number of esters is 1. The van der Waals surface area contributed by atoms with E-state index in [2.05, 4.69) is 10.3 Å². The number of ether oxygens (including phenoxy) is 1. The summed E-state index contributed by atoms with van der Waals surface area (Å²) in [5.41, 5.74) is 2.20. The largest absolute Gasteiger partial charge is 0.466 e. The molecule has 3 rings (SSSR count). The van der Waals surface area contributed by atoms with Crippen molar-refractivity contribution < 1.29 is 14.3 Å². The van der Waals surface area contributed by atoms with Gasteiger partial charge in [-0.15, -0.1) is 5.10 Å². The van der Waals surface area contributed by atoms with Gasteiger partial charge in [-0.1, -0.05) is 5.21 Å². The van der Waals surface area contributed by atoms with Gasteiger partial charge in [0.2, 0.25) is 0 Å². The molecule has 0 unspecified atom stereocenters. The molecule has 0 bridgehead atoms. The van der Waals surface area contributed by atoms with E-state index >= 15 is 0 Å². The summed E-state index contributed by atoms with van der Waals surface area (Å²) in [6, 6.07) is 5.44. The summed E-state index contributed by atoms with van der Waals surface area (Å²) >= 11 is 0. The molecule has 1 fully saturated rings. The number of piperidine rings is 1. The molecule has 0 radical (unpaired) electrons. The minimum atomic E-state index is -0.229. The van der Waals surface area contributed by atoms with Crippen molar-refractivity contribution in [2.75, 3.05) is 19.7 Å². The third-order valence-electron chi connectivity index (χ3n) is 4.39. The Morgan fingerprint density at radius 3 is 2.92 bits per heavy atom. The van der Waals surface area contributed by atoms with Crippen LogP contribution in [0, 0.1) is 5.92 Å². The molecule has 7 nitrogen and oxygen atoms in total. The first-order valence-corrected chi connectivity index (χ1v) is 8.43. The summed E-state index contributed by atoms with van der Waals surface area (Å²) in [5, 5.41) is 8.18.